The summed E-state index contributed by atoms with van der Waals surface area (Å²) in [6.07, 6.45) is 6.81. The van der Waals surface area contributed by atoms with Crippen molar-refractivity contribution in [3.8, 4) is 0 Å². The van der Waals surface area contributed by atoms with Crippen LogP contribution in [0.5, 0.6) is 0 Å². The lowest BCUT2D eigenvalue weighted by Gasteiger charge is -2.41. The molecule has 0 spiro atoms. The summed E-state index contributed by atoms with van der Waals surface area (Å²) < 4.78 is 0. The zero-order chi connectivity index (χ0) is 13.9. The molecule has 0 aliphatic heterocycles. The molecule has 1 fully saturated rings. The summed E-state index contributed by atoms with van der Waals surface area (Å²) >= 11 is 0. The number of hydrogen-bond donors (Lipinski definition) is 2. The summed E-state index contributed by atoms with van der Waals surface area (Å²) in [6.45, 7) is 2.28. The molecule has 108 valence electrons. The van der Waals surface area contributed by atoms with Crippen LogP contribution < -0.4 is 0 Å². The Kier molecular flexibility index (Phi) is 2.77. The average Bonchev–Trinajstić information content (AvgIpc) is 2.74. The van der Waals surface area contributed by atoms with E-state index in [0.717, 1.165) is 44.9 Å². The van der Waals surface area contributed by atoms with Crippen molar-refractivity contribution in [1.29, 1.82) is 0 Å². The second-order valence-corrected chi connectivity index (χ2v) is 7.32. The lowest BCUT2D eigenvalue weighted by atomic mass is 9.64. The molecule has 2 N–H and O–H groups in total. The van der Waals surface area contributed by atoms with Gasteiger partial charge in [-0.15, -0.1) is 0 Å². The van der Waals surface area contributed by atoms with Crippen LogP contribution in [0.3, 0.4) is 0 Å². The molecule has 3 aliphatic rings. The first-order valence-electron chi connectivity index (χ1n) is 8.09. The Balaban J connectivity index is 1.80. The number of aliphatic hydroxyl groups is 2. The quantitative estimate of drug-likeness (QED) is 0.762. The molecule has 1 aromatic carbocycles. The molecule has 0 amide bonds. The Labute approximate surface area is 120 Å². The van der Waals surface area contributed by atoms with Crippen molar-refractivity contribution in [3.05, 3.63) is 34.4 Å². The molecule has 0 unspecified atom stereocenters. The molecule has 1 aromatic rings. The molecule has 3 aliphatic carbocycles. The van der Waals surface area contributed by atoms with Gasteiger partial charge in [-0.25, -0.2) is 0 Å². The lowest BCUT2D eigenvalue weighted by molar-refractivity contribution is 0.0455. The maximum absolute atomic E-state index is 10.3. The second-order valence-electron chi connectivity index (χ2n) is 7.32. The number of fused-ring (bicyclic) bond motifs is 5. The maximum Gasteiger partial charge on any atom is 0.0600 e. The summed E-state index contributed by atoms with van der Waals surface area (Å²) in [6, 6.07) is 4.54. The normalized spacial score (nSPS) is 39.0. The number of hydrogen-bond acceptors (Lipinski definition) is 2. The summed E-state index contributed by atoms with van der Waals surface area (Å²) in [4.78, 5) is 0. The highest BCUT2D eigenvalue weighted by molar-refractivity contribution is 5.47. The predicted molar refractivity (Wildman–Crippen MR) is 78.9 cm³/mol. The fourth-order valence-electron chi connectivity index (χ4n) is 5.01. The van der Waals surface area contributed by atoms with Crippen LogP contribution in [-0.2, 0) is 19.3 Å². The Morgan fingerprint density at radius 3 is 2.75 bits per heavy atom. The largest absolute Gasteiger partial charge is 0.393 e. The van der Waals surface area contributed by atoms with E-state index in [9.17, 15) is 10.2 Å². The van der Waals surface area contributed by atoms with Gasteiger partial charge in [0.05, 0.1) is 12.2 Å². The second kappa shape index (κ2) is 4.32. The molecule has 0 heterocycles. The fraction of sp³-hybridized carbons (Fsp3) is 0.667. The van der Waals surface area contributed by atoms with Crippen molar-refractivity contribution in [2.45, 2.75) is 70.0 Å². The van der Waals surface area contributed by atoms with Gasteiger partial charge in [0, 0.05) is 5.41 Å². The van der Waals surface area contributed by atoms with E-state index < -0.39 is 0 Å². The third-order valence-corrected chi connectivity index (χ3v) is 6.32. The van der Waals surface area contributed by atoms with Gasteiger partial charge in [0.2, 0.25) is 0 Å². The van der Waals surface area contributed by atoms with Gasteiger partial charge in [-0.05, 0) is 73.1 Å². The van der Waals surface area contributed by atoms with Gasteiger partial charge in [0.1, 0.15) is 0 Å². The van der Waals surface area contributed by atoms with Crippen molar-refractivity contribution < 1.29 is 10.2 Å². The molecule has 4 atom stereocenters. The van der Waals surface area contributed by atoms with Gasteiger partial charge in [0.15, 0.2) is 0 Å². The molecule has 2 nitrogen and oxygen atoms in total. The van der Waals surface area contributed by atoms with E-state index in [2.05, 4.69) is 19.1 Å². The monoisotopic (exact) mass is 272 g/mol. The molecule has 0 saturated heterocycles. The van der Waals surface area contributed by atoms with Crippen LogP contribution in [0.15, 0.2) is 12.1 Å². The van der Waals surface area contributed by atoms with Crippen molar-refractivity contribution in [1.82, 2.24) is 0 Å². The summed E-state index contributed by atoms with van der Waals surface area (Å²) in [7, 11) is 0. The van der Waals surface area contributed by atoms with Crippen LogP contribution in [0.1, 0.15) is 60.8 Å². The summed E-state index contributed by atoms with van der Waals surface area (Å²) in [5.74, 6) is 0.540. The van der Waals surface area contributed by atoms with Crippen LogP contribution in [0.25, 0.3) is 0 Å². The van der Waals surface area contributed by atoms with Gasteiger partial charge in [0.25, 0.3) is 0 Å². The standard InChI is InChI=1S/C18H24O2/c1-18-9-8-14-13-5-3-12(19)10-11(13)2-4-15(14)16(18)6-7-17(18)20/h2,4,12,16-17,19-20H,3,5-10H2,1H3/t12-,16+,17+,18+/m1/s1. The molecule has 20 heavy (non-hydrogen) atoms. The third-order valence-electron chi connectivity index (χ3n) is 6.32. The molecular weight excluding hydrogens is 248 g/mol. The van der Waals surface area contributed by atoms with Crippen LogP contribution in [0.4, 0.5) is 0 Å². The van der Waals surface area contributed by atoms with Crippen LogP contribution >= 0.6 is 0 Å². The van der Waals surface area contributed by atoms with Crippen molar-refractivity contribution in [3.63, 3.8) is 0 Å². The molecule has 1 saturated carbocycles. The van der Waals surface area contributed by atoms with E-state index in [1.165, 1.54) is 16.7 Å². The molecule has 0 bridgehead atoms. The molecule has 4 rings (SSSR count). The SMILES string of the molecule is C[C@]12CCc3c(ccc4c3CC[C@@H](O)C4)[C@@H]1CC[C@@H]2O. The van der Waals surface area contributed by atoms with Crippen molar-refractivity contribution in [2.75, 3.05) is 0 Å². The van der Waals surface area contributed by atoms with E-state index in [1.54, 1.807) is 5.56 Å². The number of benzene rings is 1. The highest BCUT2D eigenvalue weighted by Crippen LogP contribution is 2.56. The first-order valence-corrected chi connectivity index (χ1v) is 8.09. The smallest absolute Gasteiger partial charge is 0.0600 e. The van der Waals surface area contributed by atoms with Gasteiger partial charge in [-0.1, -0.05) is 19.1 Å². The highest BCUT2D eigenvalue weighted by atomic mass is 16.3. The van der Waals surface area contributed by atoms with Gasteiger partial charge in [-0.3, -0.25) is 0 Å². The van der Waals surface area contributed by atoms with Gasteiger partial charge in [-0.2, -0.15) is 0 Å². The first kappa shape index (κ1) is 12.8. The summed E-state index contributed by atoms with van der Waals surface area (Å²) in [5.41, 5.74) is 6.05. The fourth-order valence-corrected chi connectivity index (χ4v) is 5.01. The van der Waals surface area contributed by atoms with Crippen LogP contribution in [-0.4, -0.2) is 22.4 Å². The maximum atomic E-state index is 10.3. The Morgan fingerprint density at radius 1 is 1.05 bits per heavy atom. The molecule has 0 aromatic heterocycles. The minimum Gasteiger partial charge on any atom is -0.393 e. The lowest BCUT2D eigenvalue weighted by Crippen LogP contribution is -2.36. The average molecular weight is 272 g/mol. The Morgan fingerprint density at radius 2 is 1.90 bits per heavy atom. The minimum absolute atomic E-state index is 0.0927. The van der Waals surface area contributed by atoms with Gasteiger partial charge >= 0.3 is 0 Å². The Bertz CT molecular complexity index is 551. The zero-order valence-corrected chi connectivity index (χ0v) is 12.2. The molecule has 0 radical (unpaired) electrons. The van der Waals surface area contributed by atoms with E-state index in [4.69, 9.17) is 0 Å². The molecular formula is C18H24O2. The van der Waals surface area contributed by atoms with E-state index in [-0.39, 0.29) is 17.6 Å². The zero-order valence-electron chi connectivity index (χ0n) is 12.2. The van der Waals surface area contributed by atoms with Crippen molar-refractivity contribution in [2.24, 2.45) is 5.41 Å². The minimum atomic E-state index is -0.150. The Hall–Kier alpha value is -0.860. The van der Waals surface area contributed by atoms with Crippen LogP contribution in [0.2, 0.25) is 0 Å². The van der Waals surface area contributed by atoms with E-state index in [1.807, 2.05) is 0 Å². The molecule has 2 heteroatoms. The van der Waals surface area contributed by atoms with Crippen molar-refractivity contribution >= 4 is 0 Å². The highest BCUT2D eigenvalue weighted by Gasteiger charge is 2.49. The van der Waals surface area contributed by atoms with Gasteiger partial charge < -0.3 is 10.2 Å². The van der Waals surface area contributed by atoms with Crippen LogP contribution in [0, 0.1) is 5.41 Å². The third kappa shape index (κ3) is 1.64. The van der Waals surface area contributed by atoms with E-state index >= 15 is 0 Å². The van der Waals surface area contributed by atoms with E-state index in [0.29, 0.717) is 5.92 Å². The predicted octanol–water partition coefficient (Wildman–Crippen LogP) is 2.73. The number of rotatable bonds is 0. The topological polar surface area (TPSA) is 40.5 Å². The summed E-state index contributed by atoms with van der Waals surface area (Å²) in [5, 5.41) is 20.2. The number of aliphatic hydroxyl groups excluding tert-OH is 2. The first-order chi connectivity index (χ1) is 9.59.